The van der Waals surface area contributed by atoms with Gasteiger partial charge in [-0.1, -0.05) is 158 Å². The Balaban J connectivity index is 1.32. The van der Waals surface area contributed by atoms with Crippen LogP contribution in [0.2, 0.25) is 0 Å². The molecule has 3 nitrogen and oxygen atoms in total. The molecule has 0 bridgehead atoms. The summed E-state index contributed by atoms with van der Waals surface area (Å²) in [6.07, 6.45) is 2.32. The van der Waals surface area contributed by atoms with Crippen LogP contribution in [-0.2, 0) is 0 Å². The molecule has 10 rings (SSSR count). The molecule has 2 heterocycles. The number of rotatable bonds is 3. The molecule has 1 atom stereocenters. The lowest BCUT2D eigenvalue weighted by Crippen LogP contribution is -2.37. The number of fused-ring (bicyclic) bond motifs is 10. The molecule has 0 N–H and O–H groups in total. The summed E-state index contributed by atoms with van der Waals surface area (Å²) < 4.78 is 2.43. The molecule has 1 aliphatic heterocycles. The predicted octanol–water partition coefficient (Wildman–Crippen LogP) is 11.9. The van der Waals surface area contributed by atoms with Crippen LogP contribution in [0.15, 0.2) is 181 Å². The number of benzene rings is 8. The molecule has 0 fully saturated rings. The summed E-state index contributed by atoms with van der Waals surface area (Å²) in [6.45, 7) is 0. The highest BCUT2D eigenvalue weighted by atomic mass is 15.3. The topological polar surface area (TPSA) is 20.5 Å². The second-order valence-corrected chi connectivity index (χ2v) is 13.2. The predicted molar refractivity (Wildman–Crippen MR) is 212 cm³/mol. The Kier molecular flexibility index (Phi) is 6.47. The molecular formula is C47H33N3. The maximum Gasteiger partial charge on any atom is 0.211 e. The number of nitrogens with zero attached hydrogens (tertiary/aromatic N) is 3. The maximum atomic E-state index is 5.60. The van der Waals surface area contributed by atoms with Crippen molar-refractivity contribution in [2.24, 2.45) is 4.99 Å². The van der Waals surface area contributed by atoms with E-state index in [9.17, 15) is 0 Å². The number of hydrogen-bond acceptors (Lipinski definition) is 2. The van der Waals surface area contributed by atoms with E-state index in [-0.39, 0.29) is 6.04 Å². The molecule has 50 heavy (non-hydrogen) atoms. The highest BCUT2D eigenvalue weighted by Crippen LogP contribution is 2.45. The van der Waals surface area contributed by atoms with Crippen molar-refractivity contribution >= 4 is 65.8 Å². The van der Waals surface area contributed by atoms with Gasteiger partial charge in [0.2, 0.25) is 5.96 Å². The van der Waals surface area contributed by atoms with E-state index in [1.54, 1.807) is 0 Å². The van der Waals surface area contributed by atoms with Crippen molar-refractivity contribution < 1.29 is 0 Å². The smallest absolute Gasteiger partial charge is 0.211 e. The molecule has 8 aromatic carbocycles. The van der Waals surface area contributed by atoms with Crippen molar-refractivity contribution in [3.05, 3.63) is 187 Å². The van der Waals surface area contributed by atoms with Crippen LogP contribution in [0.25, 0.3) is 70.9 Å². The van der Waals surface area contributed by atoms with Gasteiger partial charge in [-0.25, -0.2) is 4.99 Å². The van der Waals surface area contributed by atoms with E-state index < -0.39 is 0 Å². The van der Waals surface area contributed by atoms with E-state index >= 15 is 0 Å². The number of hydrogen-bond donors (Lipinski definition) is 0. The van der Waals surface area contributed by atoms with Crippen molar-refractivity contribution in [1.29, 1.82) is 0 Å². The Morgan fingerprint density at radius 1 is 0.480 bits per heavy atom. The third kappa shape index (κ3) is 4.33. The molecule has 0 amide bonds. The van der Waals surface area contributed by atoms with Crippen LogP contribution < -0.4 is 0 Å². The van der Waals surface area contributed by atoms with Crippen LogP contribution in [0.3, 0.4) is 0 Å². The van der Waals surface area contributed by atoms with Gasteiger partial charge in [0.15, 0.2) is 0 Å². The van der Waals surface area contributed by atoms with Gasteiger partial charge in [-0.15, -0.1) is 0 Å². The Morgan fingerprint density at radius 2 is 1.12 bits per heavy atom. The Morgan fingerprint density at radius 3 is 1.94 bits per heavy atom. The quantitative estimate of drug-likeness (QED) is 0.176. The first-order valence-corrected chi connectivity index (χ1v) is 17.2. The first-order chi connectivity index (χ1) is 24.7. The standard InChI is InChI=1S/C47H33N3/c1-49-43(33-18-6-3-7-19-33)30-41(35-21-14-20-34(29-35)31-15-4-2-5-16-31)48-47(49)50-42-26-13-12-25-40(42)45-44-36-22-9-8-17-32(36)27-28-38(44)37-23-10-11-24-39(37)46(45)50/h2-30,43H,1H3. The van der Waals surface area contributed by atoms with Gasteiger partial charge in [0.1, 0.15) is 0 Å². The number of likely N-dealkylation sites (N-methyl/N-ethyl adjacent to an activating group) is 1. The van der Waals surface area contributed by atoms with E-state index in [0.29, 0.717) is 0 Å². The summed E-state index contributed by atoms with van der Waals surface area (Å²) in [6, 6.07) is 61.2. The second kappa shape index (κ2) is 11.3. The van der Waals surface area contributed by atoms with Crippen molar-refractivity contribution in [2.45, 2.75) is 6.04 Å². The Labute approximate surface area is 290 Å². The van der Waals surface area contributed by atoms with Gasteiger partial charge in [0.05, 0.1) is 22.8 Å². The van der Waals surface area contributed by atoms with Gasteiger partial charge in [-0.3, -0.25) is 4.57 Å². The Hall–Kier alpha value is -6.45. The number of para-hydroxylation sites is 1. The van der Waals surface area contributed by atoms with Crippen LogP contribution in [-0.4, -0.2) is 22.5 Å². The lowest BCUT2D eigenvalue weighted by molar-refractivity contribution is 0.422. The highest BCUT2D eigenvalue weighted by molar-refractivity contribution is 6.37. The number of aromatic nitrogens is 1. The molecular weight excluding hydrogens is 607 g/mol. The van der Waals surface area contributed by atoms with Crippen LogP contribution in [0.4, 0.5) is 0 Å². The minimum atomic E-state index is -0.0251. The largest absolute Gasteiger partial charge is 0.334 e. The van der Waals surface area contributed by atoms with Crippen molar-refractivity contribution in [2.75, 3.05) is 7.05 Å². The molecule has 9 aromatic rings. The zero-order valence-electron chi connectivity index (χ0n) is 27.7. The SMILES string of the molecule is CN1C(n2c3ccccc3c3c4c5ccccc5ccc4c4ccccc4c32)=NC(c2cccc(-c3ccccc3)c2)=CC1c1ccccc1. The molecule has 0 saturated carbocycles. The molecule has 1 aromatic heterocycles. The van der Waals surface area contributed by atoms with Gasteiger partial charge in [-0.2, -0.15) is 0 Å². The van der Waals surface area contributed by atoms with E-state index in [2.05, 4.69) is 192 Å². The summed E-state index contributed by atoms with van der Waals surface area (Å²) in [5.74, 6) is 0.900. The van der Waals surface area contributed by atoms with E-state index in [4.69, 9.17) is 4.99 Å². The van der Waals surface area contributed by atoms with E-state index in [1.807, 2.05) is 0 Å². The lowest BCUT2D eigenvalue weighted by Gasteiger charge is -2.34. The molecule has 1 aliphatic rings. The summed E-state index contributed by atoms with van der Waals surface area (Å²) in [7, 11) is 2.18. The molecule has 0 saturated heterocycles. The first-order valence-electron chi connectivity index (χ1n) is 17.2. The zero-order chi connectivity index (χ0) is 33.2. The molecule has 236 valence electrons. The lowest BCUT2D eigenvalue weighted by atomic mass is 9.93. The molecule has 0 radical (unpaired) electrons. The van der Waals surface area contributed by atoms with Gasteiger partial charge in [0.25, 0.3) is 0 Å². The minimum absolute atomic E-state index is 0.0251. The number of aliphatic imine (C=N–C) groups is 1. The minimum Gasteiger partial charge on any atom is -0.334 e. The third-order valence-corrected chi connectivity index (χ3v) is 10.4. The van der Waals surface area contributed by atoms with Crippen LogP contribution in [0.1, 0.15) is 17.2 Å². The van der Waals surface area contributed by atoms with Crippen molar-refractivity contribution in [3.63, 3.8) is 0 Å². The monoisotopic (exact) mass is 639 g/mol. The first kappa shape index (κ1) is 28.6. The van der Waals surface area contributed by atoms with Crippen molar-refractivity contribution in [3.8, 4) is 11.1 Å². The summed E-state index contributed by atoms with van der Waals surface area (Å²) in [5, 5.41) is 10.0. The summed E-state index contributed by atoms with van der Waals surface area (Å²) in [4.78, 5) is 7.94. The van der Waals surface area contributed by atoms with Gasteiger partial charge in [-0.05, 0) is 56.4 Å². The fraction of sp³-hybridized carbons (Fsp3) is 0.0426. The fourth-order valence-electron chi connectivity index (χ4n) is 8.08. The van der Waals surface area contributed by atoms with E-state index in [0.717, 1.165) is 22.7 Å². The molecule has 0 aliphatic carbocycles. The van der Waals surface area contributed by atoms with Crippen LogP contribution >= 0.6 is 0 Å². The third-order valence-electron chi connectivity index (χ3n) is 10.4. The average molecular weight is 640 g/mol. The van der Waals surface area contributed by atoms with Gasteiger partial charge in [0, 0.05) is 34.2 Å². The van der Waals surface area contributed by atoms with E-state index in [1.165, 1.54) is 65.3 Å². The van der Waals surface area contributed by atoms with Crippen LogP contribution in [0, 0.1) is 0 Å². The van der Waals surface area contributed by atoms with Crippen LogP contribution in [0.5, 0.6) is 0 Å². The highest BCUT2D eigenvalue weighted by Gasteiger charge is 2.29. The summed E-state index contributed by atoms with van der Waals surface area (Å²) in [5.41, 5.74) is 7.98. The fourth-order valence-corrected chi connectivity index (χ4v) is 8.08. The molecule has 0 spiro atoms. The zero-order valence-corrected chi connectivity index (χ0v) is 27.7. The Bertz CT molecular complexity index is 2830. The molecule has 3 heteroatoms. The molecule has 1 unspecified atom stereocenters. The second-order valence-electron chi connectivity index (χ2n) is 13.2. The van der Waals surface area contributed by atoms with Gasteiger partial charge >= 0.3 is 0 Å². The summed E-state index contributed by atoms with van der Waals surface area (Å²) >= 11 is 0. The maximum absolute atomic E-state index is 5.60. The van der Waals surface area contributed by atoms with Crippen molar-refractivity contribution in [1.82, 2.24) is 9.47 Å². The van der Waals surface area contributed by atoms with Gasteiger partial charge < -0.3 is 4.90 Å². The average Bonchev–Trinajstić information content (AvgIpc) is 3.54. The normalized spacial score (nSPS) is 14.9.